The van der Waals surface area contributed by atoms with Crippen molar-refractivity contribution in [1.29, 1.82) is 0 Å². The van der Waals surface area contributed by atoms with Crippen molar-refractivity contribution >= 4 is 5.97 Å². The zero-order valence-electron chi connectivity index (χ0n) is 10.4. The number of unbranched alkanes of at least 4 members (excludes halogenated alkanes) is 2. The molecule has 0 aliphatic heterocycles. The molecule has 0 unspecified atom stereocenters. The fraction of sp³-hybridized carbons (Fsp3) is 0.400. The summed E-state index contributed by atoms with van der Waals surface area (Å²) in [5.41, 5.74) is 3.31. The first-order valence-electron chi connectivity index (χ1n) is 5.98. The van der Waals surface area contributed by atoms with Crippen LogP contribution in [0.2, 0.25) is 0 Å². The molecule has 0 atom stereocenters. The average molecular weight is 230 g/mol. The summed E-state index contributed by atoms with van der Waals surface area (Å²) >= 11 is 0. The Labute approximate surface area is 103 Å². The SMILES string of the molecule is CCCCCc1cc(C#CC(=O)O)ccc1C. The van der Waals surface area contributed by atoms with Crippen molar-refractivity contribution < 1.29 is 9.90 Å². The van der Waals surface area contributed by atoms with Gasteiger partial charge < -0.3 is 5.11 Å². The topological polar surface area (TPSA) is 37.3 Å². The van der Waals surface area contributed by atoms with Crippen molar-refractivity contribution in [3.8, 4) is 11.8 Å². The summed E-state index contributed by atoms with van der Waals surface area (Å²) in [5, 5.41) is 8.50. The molecule has 1 aromatic rings. The van der Waals surface area contributed by atoms with Crippen LogP contribution in [0.15, 0.2) is 18.2 Å². The molecule has 0 bridgehead atoms. The highest BCUT2D eigenvalue weighted by Crippen LogP contribution is 2.14. The molecule has 17 heavy (non-hydrogen) atoms. The van der Waals surface area contributed by atoms with Crippen LogP contribution < -0.4 is 0 Å². The van der Waals surface area contributed by atoms with Crippen molar-refractivity contribution in [1.82, 2.24) is 0 Å². The lowest BCUT2D eigenvalue weighted by molar-refractivity contribution is -0.130. The molecular formula is C15H18O2. The number of rotatable bonds is 4. The molecular weight excluding hydrogens is 212 g/mol. The van der Waals surface area contributed by atoms with Gasteiger partial charge >= 0.3 is 5.97 Å². The third kappa shape index (κ3) is 4.74. The van der Waals surface area contributed by atoms with Crippen LogP contribution in [0.3, 0.4) is 0 Å². The Bertz CT molecular complexity index is 450. The summed E-state index contributed by atoms with van der Waals surface area (Å²) in [6, 6.07) is 5.88. The van der Waals surface area contributed by atoms with E-state index in [1.54, 1.807) is 0 Å². The Kier molecular flexibility index (Phi) is 5.29. The highest BCUT2D eigenvalue weighted by atomic mass is 16.4. The number of carboxylic acid groups (broad SMARTS) is 1. The van der Waals surface area contributed by atoms with Gasteiger partial charge in [-0.15, -0.1) is 0 Å². The van der Waals surface area contributed by atoms with E-state index >= 15 is 0 Å². The zero-order chi connectivity index (χ0) is 12.7. The summed E-state index contributed by atoms with van der Waals surface area (Å²) < 4.78 is 0. The largest absolute Gasteiger partial charge is 0.472 e. The third-order valence-corrected chi connectivity index (χ3v) is 2.71. The lowest BCUT2D eigenvalue weighted by Crippen LogP contribution is -1.92. The standard InChI is InChI=1S/C15H18O2/c1-3-4-5-6-14-11-13(8-7-12(14)2)9-10-15(16)17/h7-8,11H,3-6H2,1-2H3,(H,16,17). The molecule has 0 saturated heterocycles. The zero-order valence-corrected chi connectivity index (χ0v) is 10.4. The molecule has 1 N–H and O–H groups in total. The first-order valence-corrected chi connectivity index (χ1v) is 5.98. The maximum absolute atomic E-state index is 10.4. The van der Waals surface area contributed by atoms with Gasteiger partial charge in [0.15, 0.2) is 0 Å². The number of benzene rings is 1. The maximum Gasteiger partial charge on any atom is 0.382 e. The van der Waals surface area contributed by atoms with Gasteiger partial charge in [-0.1, -0.05) is 31.8 Å². The van der Waals surface area contributed by atoms with Crippen molar-refractivity contribution in [2.75, 3.05) is 0 Å². The second-order valence-electron chi connectivity index (χ2n) is 4.15. The lowest BCUT2D eigenvalue weighted by atomic mass is 10.00. The number of hydrogen-bond donors (Lipinski definition) is 1. The molecule has 0 spiro atoms. The van der Waals surface area contributed by atoms with E-state index in [4.69, 9.17) is 5.11 Å². The van der Waals surface area contributed by atoms with E-state index in [9.17, 15) is 4.79 Å². The molecule has 0 aliphatic rings. The van der Waals surface area contributed by atoms with E-state index in [0.717, 1.165) is 12.0 Å². The monoisotopic (exact) mass is 230 g/mol. The van der Waals surface area contributed by atoms with Gasteiger partial charge in [-0.2, -0.15) is 0 Å². The van der Waals surface area contributed by atoms with Crippen LogP contribution in [0.25, 0.3) is 0 Å². The summed E-state index contributed by atoms with van der Waals surface area (Å²) in [4.78, 5) is 10.4. The summed E-state index contributed by atoms with van der Waals surface area (Å²) in [5.74, 6) is 3.71. The summed E-state index contributed by atoms with van der Waals surface area (Å²) in [6.07, 6.45) is 4.65. The van der Waals surface area contributed by atoms with Gasteiger partial charge in [-0.25, -0.2) is 4.79 Å². The van der Waals surface area contributed by atoms with E-state index in [1.165, 1.54) is 30.4 Å². The number of aryl methyl sites for hydroxylation is 2. The van der Waals surface area contributed by atoms with Crippen molar-refractivity contribution in [2.24, 2.45) is 0 Å². The molecule has 0 heterocycles. The molecule has 0 aliphatic carbocycles. The van der Waals surface area contributed by atoms with Crippen LogP contribution >= 0.6 is 0 Å². The van der Waals surface area contributed by atoms with Gasteiger partial charge in [-0.05, 0) is 43.0 Å². The predicted octanol–water partition coefficient (Wildman–Crippen LogP) is 3.16. The Hall–Kier alpha value is -1.75. The van der Waals surface area contributed by atoms with Crippen LogP contribution in [0.4, 0.5) is 0 Å². The number of aliphatic carboxylic acids is 1. The van der Waals surface area contributed by atoms with Crippen molar-refractivity contribution in [2.45, 2.75) is 39.5 Å². The normalized spacial score (nSPS) is 9.53. The molecule has 1 aromatic carbocycles. The van der Waals surface area contributed by atoms with Crippen LogP contribution in [0.5, 0.6) is 0 Å². The smallest absolute Gasteiger partial charge is 0.382 e. The van der Waals surface area contributed by atoms with Crippen LogP contribution in [0, 0.1) is 18.8 Å². The van der Waals surface area contributed by atoms with Gasteiger partial charge in [-0.3, -0.25) is 0 Å². The number of carboxylic acids is 1. The van der Waals surface area contributed by atoms with E-state index in [-0.39, 0.29) is 0 Å². The molecule has 0 fully saturated rings. The average Bonchev–Trinajstić information content (AvgIpc) is 2.30. The van der Waals surface area contributed by atoms with Crippen LogP contribution in [-0.4, -0.2) is 11.1 Å². The van der Waals surface area contributed by atoms with Gasteiger partial charge in [0.05, 0.1) is 0 Å². The first kappa shape index (κ1) is 13.3. The Morgan fingerprint density at radius 2 is 2.12 bits per heavy atom. The lowest BCUT2D eigenvalue weighted by Gasteiger charge is -2.05. The van der Waals surface area contributed by atoms with E-state index < -0.39 is 5.97 Å². The minimum Gasteiger partial charge on any atom is -0.472 e. The van der Waals surface area contributed by atoms with Gasteiger partial charge in [0.2, 0.25) is 0 Å². The Morgan fingerprint density at radius 3 is 2.76 bits per heavy atom. The fourth-order valence-electron chi connectivity index (χ4n) is 1.71. The van der Waals surface area contributed by atoms with E-state index in [2.05, 4.69) is 25.7 Å². The molecule has 0 aromatic heterocycles. The quantitative estimate of drug-likeness (QED) is 0.637. The Morgan fingerprint density at radius 1 is 1.35 bits per heavy atom. The molecule has 2 heteroatoms. The second kappa shape index (κ2) is 6.75. The molecule has 0 saturated carbocycles. The Balaban J connectivity index is 2.80. The van der Waals surface area contributed by atoms with Crippen LogP contribution in [-0.2, 0) is 11.2 Å². The van der Waals surface area contributed by atoms with Crippen molar-refractivity contribution in [3.63, 3.8) is 0 Å². The molecule has 2 nitrogen and oxygen atoms in total. The molecule has 0 radical (unpaired) electrons. The summed E-state index contributed by atoms with van der Waals surface area (Å²) in [7, 11) is 0. The van der Waals surface area contributed by atoms with Gasteiger partial charge in [0, 0.05) is 11.5 Å². The molecule has 0 amide bonds. The van der Waals surface area contributed by atoms with E-state index in [1.807, 2.05) is 18.2 Å². The van der Waals surface area contributed by atoms with E-state index in [0.29, 0.717) is 0 Å². The van der Waals surface area contributed by atoms with Crippen LogP contribution in [0.1, 0.15) is 42.9 Å². The van der Waals surface area contributed by atoms with Gasteiger partial charge in [0.25, 0.3) is 0 Å². The molecule has 90 valence electrons. The predicted molar refractivity (Wildman–Crippen MR) is 68.9 cm³/mol. The minimum atomic E-state index is -1.09. The maximum atomic E-state index is 10.4. The number of carbonyl (C=O) groups is 1. The third-order valence-electron chi connectivity index (χ3n) is 2.71. The fourth-order valence-corrected chi connectivity index (χ4v) is 1.71. The number of hydrogen-bond acceptors (Lipinski definition) is 1. The highest BCUT2D eigenvalue weighted by molar-refractivity contribution is 5.87. The first-order chi connectivity index (χ1) is 8.13. The summed E-state index contributed by atoms with van der Waals surface area (Å²) in [6.45, 7) is 4.26. The van der Waals surface area contributed by atoms with Crippen molar-refractivity contribution in [3.05, 3.63) is 34.9 Å². The second-order valence-corrected chi connectivity index (χ2v) is 4.15. The van der Waals surface area contributed by atoms with Gasteiger partial charge in [0.1, 0.15) is 0 Å². The molecule has 1 rings (SSSR count). The minimum absolute atomic E-state index is 0.782. The highest BCUT2D eigenvalue weighted by Gasteiger charge is 1.99.